The van der Waals surface area contributed by atoms with E-state index in [1.165, 1.54) is 0 Å². The maximum Gasteiger partial charge on any atom is 0.240 e. The van der Waals surface area contributed by atoms with Gasteiger partial charge in [-0.05, 0) is 37.2 Å². The van der Waals surface area contributed by atoms with Gasteiger partial charge in [0, 0.05) is 35.4 Å². The average molecular weight is 428 g/mol. The zero-order chi connectivity index (χ0) is 18.8. The van der Waals surface area contributed by atoms with Gasteiger partial charge in [-0.25, -0.2) is 9.97 Å². The summed E-state index contributed by atoms with van der Waals surface area (Å²) in [5, 5.41) is 3.17. The summed E-state index contributed by atoms with van der Waals surface area (Å²) in [6.07, 6.45) is 2.74. The van der Waals surface area contributed by atoms with Crippen molar-refractivity contribution in [3.05, 3.63) is 47.1 Å². The van der Waals surface area contributed by atoms with Crippen molar-refractivity contribution < 1.29 is 4.79 Å². The number of rotatable bonds is 5. The van der Waals surface area contributed by atoms with Gasteiger partial charge < -0.3 is 10.2 Å². The number of pyridine rings is 1. The molecule has 1 atom stereocenters. The molecule has 1 saturated heterocycles. The summed E-state index contributed by atoms with van der Waals surface area (Å²) in [5.74, 6) is 0.759. The standard InChI is InChI=1S/C20H22BrN5O/c1-2-25-11-9-16(12-25)23-18(27)13-26-19(14-5-7-15(21)8-6-14)24-17-4-3-10-22-20(17)26/h3-8,10,16H,2,9,11-13H2,1H3,(H,23,27). The third-order valence-corrected chi connectivity index (χ3v) is 5.52. The van der Waals surface area contributed by atoms with E-state index in [0.717, 1.165) is 53.1 Å². The number of nitrogens with zero attached hydrogens (tertiary/aromatic N) is 4. The van der Waals surface area contributed by atoms with E-state index in [4.69, 9.17) is 4.98 Å². The van der Waals surface area contributed by atoms with E-state index in [2.05, 4.69) is 38.1 Å². The summed E-state index contributed by atoms with van der Waals surface area (Å²) < 4.78 is 2.91. The highest BCUT2D eigenvalue weighted by Gasteiger charge is 2.23. The minimum atomic E-state index is 0.00117. The lowest BCUT2D eigenvalue weighted by molar-refractivity contribution is -0.122. The monoisotopic (exact) mass is 427 g/mol. The summed E-state index contributed by atoms with van der Waals surface area (Å²) >= 11 is 3.46. The van der Waals surface area contributed by atoms with E-state index in [1.807, 2.05) is 41.0 Å². The molecule has 3 heterocycles. The maximum absolute atomic E-state index is 12.7. The van der Waals surface area contributed by atoms with Crippen LogP contribution < -0.4 is 5.32 Å². The van der Waals surface area contributed by atoms with Crippen LogP contribution in [0.4, 0.5) is 0 Å². The van der Waals surface area contributed by atoms with Crippen LogP contribution in [0.25, 0.3) is 22.6 Å². The van der Waals surface area contributed by atoms with Gasteiger partial charge in [0.25, 0.3) is 0 Å². The number of carbonyl (C=O) groups is 1. The van der Waals surface area contributed by atoms with Gasteiger partial charge in [-0.3, -0.25) is 9.36 Å². The van der Waals surface area contributed by atoms with Crippen molar-refractivity contribution >= 4 is 33.0 Å². The van der Waals surface area contributed by atoms with Gasteiger partial charge in [0.05, 0.1) is 0 Å². The Bertz CT molecular complexity index is 953. The van der Waals surface area contributed by atoms with Gasteiger partial charge >= 0.3 is 0 Å². The van der Waals surface area contributed by atoms with Crippen molar-refractivity contribution in [2.75, 3.05) is 19.6 Å². The first-order chi connectivity index (χ1) is 13.1. The first kappa shape index (κ1) is 18.1. The Balaban J connectivity index is 1.61. The molecule has 0 aliphatic carbocycles. The Kier molecular flexibility index (Phi) is 5.22. The highest BCUT2D eigenvalue weighted by molar-refractivity contribution is 9.10. The second-order valence-corrected chi connectivity index (χ2v) is 7.74. The lowest BCUT2D eigenvalue weighted by Gasteiger charge is -2.15. The molecule has 1 N–H and O–H groups in total. The number of imidazole rings is 1. The summed E-state index contributed by atoms with van der Waals surface area (Å²) in [5.41, 5.74) is 2.48. The SMILES string of the molecule is CCN1CCC(NC(=O)Cn2c(-c3ccc(Br)cc3)nc3cccnc32)C1. The fourth-order valence-electron chi connectivity index (χ4n) is 3.58. The Labute approximate surface area is 166 Å². The largest absolute Gasteiger partial charge is 0.350 e. The minimum Gasteiger partial charge on any atom is -0.350 e. The molecule has 0 radical (unpaired) electrons. The maximum atomic E-state index is 12.7. The molecule has 27 heavy (non-hydrogen) atoms. The van der Waals surface area contributed by atoms with Crippen LogP contribution in [0.15, 0.2) is 47.1 Å². The molecular weight excluding hydrogens is 406 g/mol. The Morgan fingerprint density at radius 2 is 2.11 bits per heavy atom. The van der Waals surface area contributed by atoms with Crippen molar-refractivity contribution in [3.63, 3.8) is 0 Å². The quantitative estimate of drug-likeness (QED) is 0.679. The predicted octanol–water partition coefficient (Wildman–Crippen LogP) is 3.07. The van der Waals surface area contributed by atoms with Crippen molar-refractivity contribution in [2.24, 2.45) is 0 Å². The van der Waals surface area contributed by atoms with Gasteiger partial charge in [0.15, 0.2) is 5.65 Å². The fraction of sp³-hybridized carbons (Fsp3) is 0.350. The number of hydrogen-bond donors (Lipinski definition) is 1. The molecule has 0 bridgehead atoms. The van der Waals surface area contributed by atoms with Gasteiger partial charge in [-0.2, -0.15) is 0 Å². The normalized spacial score (nSPS) is 17.5. The molecule has 1 fully saturated rings. The highest BCUT2D eigenvalue weighted by atomic mass is 79.9. The second-order valence-electron chi connectivity index (χ2n) is 6.82. The Morgan fingerprint density at radius 3 is 2.85 bits per heavy atom. The molecule has 2 aromatic heterocycles. The molecule has 7 heteroatoms. The molecule has 1 unspecified atom stereocenters. The van der Waals surface area contributed by atoms with E-state index < -0.39 is 0 Å². The Hall–Kier alpha value is -2.25. The number of likely N-dealkylation sites (N-methyl/N-ethyl adjacent to an activating group) is 1. The van der Waals surface area contributed by atoms with Crippen LogP contribution in [0.1, 0.15) is 13.3 Å². The molecule has 1 aromatic carbocycles. The molecule has 3 aromatic rings. The molecule has 6 nitrogen and oxygen atoms in total. The fourth-order valence-corrected chi connectivity index (χ4v) is 3.85. The number of likely N-dealkylation sites (tertiary alicyclic amines) is 1. The number of aromatic nitrogens is 3. The zero-order valence-electron chi connectivity index (χ0n) is 15.2. The lowest BCUT2D eigenvalue weighted by atomic mass is 10.2. The molecule has 140 valence electrons. The van der Waals surface area contributed by atoms with Crippen LogP contribution in [0.3, 0.4) is 0 Å². The number of halogens is 1. The summed E-state index contributed by atoms with van der Waals surface area (Å²) in [6.45, 7) is 5.35. The average Bonchev–Trinajstić information content (AvgIpc) is 3.27. The van der Waals surface area contributed by atoms with E-state index in [9.17, 15) is 4.79 Å². The molecule has 4 rings (SSSR count). The number of carbonyl (C=O) groups excluding carboxylic acids is 1. The molecule has 1 aliphatic rings. The van der Waals surface area contributed by atoms with E-state index in [0.29, 0.717) is 0 Å². The smallest absolute Gasteiger partial charge is 0.240 e. The third kappa shape index (κ3) is 3.89. The first-order valence-corrected chi connectivity index (χ1v) is 10.0. The van der Waals surface area contributed by atoms with Crippen molar-refractivity contribution in [1.82, 2.24) is 24.8 Å². The minimum absolute atomic E-state index is 0.00117. The topological polar surface area (TPSA) is 63.1 Å². The van der Waals surface area contributed by atoms with Crippen LogP contribution in [-0.4, -0.2) is 51.0 Å². The number of nitrogens with one attached hydrogen (secondary N) is 1. The van der Waals surface area contributed by atoms with Gasteiger partial charge in [0.2, 0.25) is 5.91 Å². The molecular formula is C20H22BrN5O. The van der Waals surface area contributed by atoms with Crippen LogP contribution in [-0.2, 0) is 11.3 Å². The highest BCUT2D eigenvalue weighted by Crippen LogP contribution is 2.25. The predicted molar refractivity (Wildman–Crippen MR) is 109 cm³/mol. The van der Waals surface area contributed by atoms with Gasteiger partial charge in [-0.1, -0.05) is 35.0 Å². The van der Waals surface area contributed by atoms with Crippen molar-refractivity contribution in [2.45, 2.75) is 25.9 Å². The molecule has 0 spiro atoms. The zero-order valence-corrected chi connectivity index (χ0v) is 16.8. The third-order valence-electron chi connectivity index (χ3n) is 4.99. The van der Waals surface area contributed by atoms with Gasteiger partial charge in [0.1, 0.15) is 17.9 Å². The van der Waals surface area contributed by atoms with Crippen molar-refractivity contribution in [1.29, 1.82) is 0 Å². The lowest BCUT2D eigenvalue weighted by Crippen LogP contribution is -2.39. The van der Waals surface area contributed by atoms with Crippen molar-refractivity contribution in [3.8, 4) is 11.4 Å². The molecule has 1 amide bonds. The summed E-state index contributed by atoms with van der Waals surface area (Å²) in [6, 6.07) is 12.0. The summed E-state index contributed by atoms with van der Waals surface area (Å²) in [7, 11) is 0. The number of benzene rings is 1. The van der Waals surface area contributed by atoms with Crippen LogP contribution in [0.5, 0.6) is 0 Å². The molecule has 1 aliphatic heterocycles. The number of fused-ring (bicyclic) bond motifs is 1. The number of hydrogen-bond acceptors (Lipinski definition) is 4. The molecule has 0 saturated carbocycles. The van der Waals surface area contributed by atoms with E-state index in [1.54, 1.807) is 6.20 Å². The van der Waals surface area contributed by atoms with Crippen LogP contribution >= 0.6 is 15.9 Å². The summed E-state index contributed by atoms with van der Waals surface area (Å²) in [4.78, 5) is 24.3. The van der Waals surface area contributed by atoms with E-state index in [-0.39, 0.29) is 18.5 Å². The van der Waals surface area contributed by atoms with Crippen LogP contribution in [0, 0.1) is 0 Å². The van der Waals surface area contributed by atoms with Crippen LogP contribution in [0.2, 0.25) is 0 Å². The number of amides is 1. The van der Waals surface area contributed by atoms with E-state index >= 15 is 0 Å². The second kappa shape index (κ2) is 7.78. The Morgan fingerprint density at radius 1 is 1.30 bits per heavy atom. The first-order valence-electron chi connectivity index (χ1n) is 9.23. The van der Waals surface area contributed by atoms with Gasteiger partial charge in [-0.15, -0.1) is 0 Å².